The molecule has 1 amide bonds. The highest BCUT2D eigenvalue weighted by Gasteiger charge is 2.27. The molecular formula is C18H27FN2O. The number of hydrogen-bond acceptors (Lipinski definition) is 2. The van der Waals surface area contributed by atoms with Gasteiger partial charge in [0, 0.05) is 25.2 Å². The molecule has 3 nitrogen and oxygen atoms in total. The lowest BCUT2D eigenvalue weighted by Gasteiger charge is -2.35. The summed E-state index contributed by atoms with van der Waals surface area (Å²) in [5.41, 5.74) is 0.630. The van der Waals surface area contributed by atoms with Crippen molar-refractivity contribution in [2.45, 2.75) is 57.7 Å². The monoisotopic (exact) mass is 306 g/mol. The van der Waals surface area contributed by atoms with E-state index in [9.17, 15) is 9.18 Å². The van der Waals surface area contributed by atoms with Gasteiger partial charge in [-0.05, 0) is 32.9 Å². The SMILES string of the molecule is CC(C(=O)N(C)C1CCCCC1)N(C)Cc1ccccc1F. The van der Waals surface area contributed by atoms with E-state index in [0.29, 0.717) is 18.2 Å². The lowest BCUT2D eigenvalue weighted by molar-refractivity contribution is -0.137. The lowest BCUT2D eigenvalue weighted by Crippen LogP contribution is -2.48. The molecule has 22 heavy (non-hydrogen) atoms. The van der Waals surface area contributed by atoms with Crippen molar-refractivity contribution in [1.29, 1.82) is 0 Å². The molecule has 0 spiro atoms. The van der Waals surface area contributed by atoms with E-state index in [1.54, 1.807) is 12.1 Å². The Bertz CT molecular complexity index is 500. The molecule has 0 radical (unpaired) electrons. The summed E-state index contributed by atoms with van der Waals surface area (Å²) >= 11 is 0. The van der Waals surface area contributed by atoms with Crippen molar-refractivity contribution in [3.63, 3.8) is 0 Å². The molecule has 1 unspecified atom stereocenters. The summed E-state index contributed by atoms with van der Waals surface area (Å²) in [4.78, 5) is 16.5. The zero-order valence-electron chi connectivity index (χ0n) is 13.9. The van der Waals surface area contributed by atoms with Crippen molar-refractivity contribution in [2.24, 2.45) is 0 Å². The number of carbonyl (C=O) groups excluding carboxylic acids is 1. The van der Waals surface area contributed by atoms with Crippen LogP contribution in [0.5, 0.6) is 0 Å². The first-order chi connectivity index (χ1) is 10.5. The second-order valence-corrected chi connectivity index (χ2v) is 6.42. The van der Waals surface area contributed by atoms with Crippen LogP contribution in [0.15, 0.2) is 24.3 Å². The van der Waals surface area contributed by atoms with Crippen molar-refractivity contribution < 1.29 is 9.18 Å². The fourth-order valence-corrected chi connectivity index (χ4v) is 3.16. The normalized spacial score (nSPS) is 17.5. The molecule has 1 aromatic carbocycles. The highest BCUT2D eigenvalue weighted by molar-refractivity contribution is 5.81. The van der Waals surface area contributed by atoms with Gasteiger partial charge in [-0.2, -0.15) is 0 Å². The second kappa shape index (κ2) is 7.73. The highest BCUT2D eigenvalue weighted by Crippen LogP contribution is 2.22. The Balaban J connectivity index is 1.95. The molecule has 2 rings (SSSR count). The van der Waals surface area contributed by atoms with E-state index in [2.05, 4.69) is 0 Å². The highest BCUT2D eigenvalue weighted by atomic mass is 19.1. The average Bonchev–Trinajstić information content (AvgIpc) is 2.55. The van der Waals surface area contributed by atoms with E-state index in [1.165, 1.54) is 25.3 Å². The summed E-state index contributed by atoms with van der Waals surface area (Å²) < 4.78 is 13.7. The minimum absolute atomic E-state index is 0.130. The molecule has 1 aromatic rings. The number of amides is 1. The van der Waals surface area contributed by atoms with Crippen LogP contribution in [-0.4, -0.2) is 41.9 Å². The molecule has 4 heteroatoms. The number of nitrogens with zero attached hydrogens (tertiary/aromatic N) is 2. The Hall–Kier alpha value is -1.42. The van der Waals surface area contributed by atoms with Crippen LogP contribution in [-0.2, 0) is 11.3 Å². The van der Waals surface area contributed by atoms with E-state index in [4.69, 9.17) is 0 Å². The summed E-state index contributed by atoms with van der Waals surface area (Å²) in [6.07, 6.45) is 5.91. The number of halogens is 1. The Labute approximate surface area is 133 Å². The average molecular weight is 306 g/mol. The van der Waals surface area contributed by atoms with Gasteiger partial charge in [-0.1, -0.05) is 37.5 Å². The predicted molar refractivity (Wildman–Crippen MR) is 87.0 cm³/mol. The van der Waals surface area contributed by atoms with Crippen LogP contribution in [0, 0.1) is 5.82 Å². The zero-order valence-corrected chi connectivity index (χ0v) is 13.9. The van der Waals surface area contributed by atoms with Gasteiger partial charge in [0.05, 0.1) is 6.04 Å². The zero-order chi connectivity index (χ0) is 16.1. The van der Waals surface area contributed by atoms with Crippen LogP contribution in [0.25, 0.3) is 0 Å². The van der Waals surface area contributed by atoms with Crippen LogP contribution in [0.3, 0.4) is 0 Å². The van der Waals surface area contributed by atoms with Gasteiger partial charge in [0.15, 0.2) is 0 Å². The second-order valence-electron chi connectivity index (χ2n) is 6.42. The predicted octanol–water partition coefficient (Wildman–Crippen LogP) is 3.44. The standard InChI is InChI=1S/C18H27FN2O/c1-14(18(22)21(3)16-10-5-4-6-11-16)20(2)13-15-9-7-8-12-17(15)19/h7-9,12,14,16H,4-6,10-11,13H2,1-3H3. The maximum absolute atomic E-state index is 13.7. The molecule has 0 bridgehead atoms. The van der Waals surface area contributed by atoms with Gasteiger partial charge < -0.3 is 4.90 Å². The van der Waals surface area contributed by atoms with Gasteiger partial charge in [-0.15, -0.1) is 0 Å². The number of carbonyl (C=O) groups is 1. The number of likely N-dealkylation sites (N-methyl/N-ethyl adjacent to an activating group) is 2. The molecule has 1 aliphatic rings. The van der Waals surface area contributed by atoms with Crippen LogP contribution in [0.2, 0.25) is 0 Å². The largest absolute Gasteiger partial charge is 0.341 e. The quantitative estimate of drug-likeness (QED) is 0.832. The van der Waals surface area contributed by atoms with Gasteiger partial charge in [0.25, 0.3) is 0 Å². The molecule has 1 saturated carbocycles. The maximum atomic E-state index is 13.7. The van der Waals surface area contributed by atoms with E-state index in [0.717, 1.165) is 12.8 Å². The molecule has 0 saturated heterocycles. The molecule has 0 aliphatic heterocycles. The van der Waals surface area contributed by atoms with Gasteiger partial charge in [0.2, 0.25) is 5.91 Å². The molecule has 122 valence electrons. The molecule has 1 aliphatic carbocycles. The first-order valence-electron chi connectivity index (χ1n) is 8.21. The maximum Gasteiger partial charge on any atom is 0.239 e. The van der Waals surface area contributed by atoms with Crippen LogP contribution in [0.4, 0.5) is 4.39 Å². The summed E-state index contributed by atoms with van der Waals surface area (Å²) in [5, 5.41) is 0. The van der Waals surface area contributed by atoms with Gasteiger partial charge in [0.1, 0.15) is 5.82 Å². The minimum Gasteiger partial charge on any atom is -0.341 e. The smallest absolute Gasteiger partial charge is 0.239 e. The van der Waals surface area contributed by atoms with Crippen molar-refractivity contribution >= 4 is 5.91 Å². The molecule has 0 N–H and O–H groups in total. The topological polar surface area (TPSA) is 23.6 Å². The number of rotatable bonds is 5. The summed E-state index contributed by atoms with van der Waals surface area (Å²) in [6.45, 7) is 2.35. The Morgan fingerprint density at radius 3 is 2.50 bits per heavy atom. The third-order valence-corrected chi connectivity index (χ3v) is 4.87. The van der Waals surface area contributed by atoms with Crippen molar-refractivity contribution in [3.8, 4) is 0 Å². The third kappa shape index (κ3) is 4.07. The fraction of sp³-hybridized carbons (Fsp3) is 0.611. The molecular weight excluding hydrogens is 279 g/mol. The Morgan fingerprint density at radius 1 is 1.23 bits per heavy atom. The Morgan fingerprint density at radius 2 is 1.86 bits per heavy atom. The molecule has 1 atom stereocenters. The van der Waals surface area contributed by atoms with E-state index in [-0.39, 0.29) is 17.8 Å². The lowest BCUT2D eigenvalue weighted by atomic mass is 9.94. The van der Waals surface area contributed by atoms with Crippen molar-refractivity contribution in [1.82, 2.24) is 9.80 Å². The minimum atomic E-state index is -0.244. The first-order valence-corrected chi connectivity index (χ1v) is 8.21. The van der Waals surface area contributed by atoms with Crippen molar-refractivity contribution in [2.75, 3.05) is 14.1 Å². The Kier molecular flexibility index (Phi) is 5.95. The fourth-order valence-electron chi connectivity index (χ4n) is 3.16. The van der Waals surface area contributed by atoms with Crippen molar-refractivity contribution in [3.05, 3.63) is 35.6 Å². The number of benzene rings is 1. The van der Waals surface area contributed by atoms with Crippen LogP contribution in [0.1, 0.15) is 44.6 Å². The summed E-state index contributed by atoms with van der Waals surface area (Å²) in [7, 11) is 3.79. The van der Waals surface area contributed by atoms with E-state index in [1.807, 2.05) is 36.9 Å². The summed E-state index contributed by atoms with van der Waals surface area (Å²) in [6, 6.07) is 6.87. The third-order valence-electron chi connectivity index (χ3n) is 4.87. The van der Waals surface area contributed by atoms with E-state index < -0.39 is 0 Å². The first kappa shape index (κ1) is 16.9. The van der Waals surface area contributed by atoms with Gasteiger partial charge >= 0.3 is 0 Å². The summed E-state index contributed by atoms with van der Waals surface area (Å²) in [5.74, 6) is -0.0830. The number of hydrogen-bond donors (Lipinski definition) is 0. The van der Waals surface area contributed by atoms with E-state index >= 15 is 0 Å². The van der Waals surface area contributed by atoms with Gasteiger partial charge in [-0.25, -0.2) is 4.39 Å². The van der Waals surface area contributed by atoms with Crippen LogP contribution < -0.4 is 0 Å². The molecule has 0 aromatic heterocycles. The van der Waals surface area contributed by atoms with Gasteiger partial charge in [-0.3, -0.25) is 9.69 Å². The van der Waals surface area contributed by atoms with Crippen LogP contribution >= 0.6 is 0 Å². The molecule has 0 heterocycles. The molecule has 1 fully saturated rings.